The van der Waals surface area contributed by atoms with Crippen LogP contribution in [0.5, 0.6) is 0 Å². The largest absolute Gasteiger partial charge is 0.356 e. The molecule has 26 heavy (non-hydrogen) atoms. The fourth-order valence-corrected chi connectivity index (χ4v) is 2.90. The Hall–Kier alpha value is -2.83. The van der Waals surface area contributed by atoms with Crippen molar-refractivity contribution in [3.63, 3.8) is 0 Å². The first-order chi connectivity index (χ1) is 12.6. The zero-order chi connectivity index (χ0) is 18.4. The highest BCUT2D eigenvalue weighted by molar-refractivity contribution is 5.89. The monoisotopic (exact) mass is 354 g/mol. The standard InChI is InChI=1S/C19H26N6O/c1-14-5-7-16(8-6-14)23-19(26)21-10-9-20-18-22-15(2)13-17(24-18)25-11-3-4-12-25/h5-8,13H,3-4,9-12H2,1-2H3,(H,20,22,24)(H2,21,23,26). The Morgan fingerprint density at radius 2 is 1.81 bits per heavy atom. The van der Waals surface area contributed by atoms with Gasteiger partial charge in [0.15, 0.2) is 0 Å². The highest BCUT2D eigenvalue weighted by Gasteiger charge is 2.14. The molecule has 3 N–H and O–H groups in total. The van der Waals surface area contributed by atoms with E-state index in [2.05, 4.69) is 30.8 Å². The summed E-state index contributed by atoms with van der Waals surface area (Å²) < 4.78 is 0. The molecule has 2 heterocycles. The maximum atomic E-state index is 11.9. The van der Waals surface area contributed by atoms with E-state index >= 15 is 0 Å². The molecule has 1 saturated heterocycles. The predicted molar refractivity (Wildman–Crippen MR) is 105 cm³/mol. The topological polar surface area (TPSA) is 82.2 Å². The number of carbonyl (C=O) groups excluding carboxylic acids is 1. The molecule has 0 radical (unpaired) electrons. The molecular weight excluding hydrogens is 328 g/mol. The summed E-state index contributed by atoms with van der Waals surface area (Å²) in [5, 5.41) is 8.81. The Morgan fingerprint density at radius 3 is 2.54 bits per heavy atom. The zero-order valence-electron chi connectivity index (χ0n) is 15.4. The Bertz CT molecular complexity index is 740. The van der Waals surface area contributed by atoms with E-state index in [0.717, 1.165) is 35.9 Å². The second-order valence-corrected chi connectivity index (χ2v) is 6.56. The summed E-state index contributed by atoms with van der Waals surface area (Å²) in [6.07, 6.45) is 2.43. The highest BCUT2D eigenvalue weighted by Crippen LogP contribution is 2.19. The molecule has 138 valence electrons. The molecule has 0 atom stereocenters. The number of amides is 2. The van der Waals surface area contributed by atoms with E-state index in [1.165, 1.54) is 12.8 Å². The lowest BCUT2D eigenvalue weighted by Gasteiger charge is -2.17. The SMILES string of the molecule is Cc1ccc(NC(=O)NCCNc2nc(C)cc(N3CCCC3)n2)cc1. The normalized spacial score (nSPS) is 13.5. The van der Waals surface area contributed by atoms with E-state index in [4.69, 9.17) is 0 Å². The first-order valence-electron chi connectivity index (χ1n) is 9.06. The van der Waals surface area contributed by atoms with Crippen molar-refractivity contribution in [3.05, 3.63) is 41.6 Å². The van der Waals surface area contributed by atoms with Crippen LogP contribution in [0.4, 0.5) is 22.2 Å². The number of nitrogens with one attached hydrogen (secondary N) is 3. The average molecular weight is 354 g/mol. The van der Waals surface area contributed by atoms with E-state index in [1.807, 2.05) is 44.2 Å². The lowest BCUT2D eigenvalue weighted by molar-refractivity contribution is 0.252. The van der Waals surface area contributed by atoms with Gasteiger partial charge in [0.25, 0.3) is 0 Å². The van der Waals surface area contributed by atoms with Crippen molar-refractivity contribution in [2.24, 2.45) is 0 Å². The number of hydrogen-bond acceptors (Lipinski definition) is 5. The van der Waals surface area contributed by atoms with Crippen LogP contribution in [0.15, 0.2) is 30.3 Å². The lowest BCUT2D eigenvalue weighted by Crippen LogP contribution is -2.32. The van der Waals surface area contributed by atoms with Crippen LogP contribution in [-0.2, 0) is 0 Å². The number of hydrogen-bond donors (Lipinski definition) is 3. The second kappa shape index (κ2) is 8.51. The van der Waals surface area contributed by atoms with Gasteiger partial charge in [0.05, 0.1) is 0 Å². The molecule has 3 rings (SSSR count). The van der Waals surface area contributed by atoms with Crippen molar-refractivity contribution in [1.29, 1.82) is 0 Å². The zero-order valence-corrected chi connectivity index (χ0v) is 15.4. The molecule has 1 aromatic heterocycles. The van der Waals surface area contributed by atoms with Crippen molar-refractivity contribution in [3.8, 4) is 0 Å². The quantitative estimate of drug-likeness (QED) is 0.695. The van der Waals surface area contributed by atoms with Gasteiger partial charge in [-0.1, -0.05) is 17.7 Å². The first kappa shape index (κ1) is 18.0. The molecule has 2 aromatic rings. The minimum absolute atomic E-state index is 0.224. The Kier molecular flexibility index (Phi) is 5.88. The summed E-state index contributed by atoms with van der Waals surface area (Å²) in [4.78, 5) is 23.2. The van der Waals surface area contributed by atoms with E-state index in [9.17, 15) is 4.79 Å². The summed E-state index contributed by atoms with van der Waals surface area (Å²) in [6, 6.07) is 9.48. The van der Waals surface area contributed by atoms with E-state index in [1.54, 1.807) is 0 Å². The van der Waals surface area contributed by atoms with Crippen LogP contribution in [0.1, 0.15) is 24.1 Å². The maximum absolute atomic E-state index is 11.9. The molecule has 0 saturated carbocycles. The van der Waals surface area contributed by atoms with Gasteiger partial charge >= 0.3 is 6.03 Å². The Labute approximate surface area is 154 Å². The molecular formula is C19H26N6O. The molecule has 1 aliphatic rings. The third kappa shape index (κ3) is 5.08. The number of anilines is 3. The van der Waals surface area contributed by atoms with Gasteiger partial charge in [-0.05, 0) is 38.8 Å². The van der Waals surface area contributed by atoms with Crippen molar-refractivity contribution < 1.29 is 4.79 Å². The smallest absolute Gasteiger partial charge is 0.319 e. The van der Waals surface area contributed by atoms with Crippen molar-refractivity contribution in [2.45, 2.75) is 26.7 Å². The van der Waals surface area contributed by atoms with Crippen LogP contribution in [0, 0.1) is 13.8 Å². The summed E-state index contributed by atoms with van der Waals surface area (Å²) in [6.45, 7) is 7.13. The van der Waals surface area contributed by atoms with Crippen LogP contribution in [0.3, 0.4) is 0 Å². The molecule has 7 heteroatoms. The summed E-state index contributed by atoms with van der Waals surface area (Å²) in [5.41, 5.74) is 2.87. The minimum Gasteiger partial charge on any atom is -0.356 e. The molecule has 2 amide bonds. The molecule has 1 fully saturated rings. The van der Waals surface area contributed by atoms with Gasteiger partial charge in [0.1, 0.15) is 5.82 Å². The van der Waals surface area contributed by atoms with E-state index in [-0.39, 0.29) is 6.03 Å². The molecule has 0 unspecified atom stereocenters. The third-order valence-electron chi connectivity index (χ3n) is 4.27. The number of urea groups is 1. The van der Waals surface area contributed by atoms with E-state index in [0.29, 0.717) is 19.0 Å². The third-order valence-corrected chi connectivity index (χ3v) is 4.27. The number of benzene rings is 1. The summed E-state index contributed by atoms with van der Waals surface area (Å²) in [7, 11) is 0. The van der Waals surface area contributed by atoms with Gasteiger partial charge in [-0.25, -0.2) is 9.78 Å². The maximum Gasteiger partial charge on any atom is 0.319 e. The minimum atomic E-state index is -0.224. The number of nitrogens with zero attached hydrogens (tertiary/aromatic N) is 3. The van der Waals surface area contributed by atoms with Crippen molar-refractivity contribution >= 4 is 23.5 Å². The number of aryl methyl sites for hydroxylation is 2. The van der Waals surface area contributed by atoms with Crippen LogP contribution in [0.2, 0.25) is 0 Å². The van der Waals surface area contributed by atoms with Crippen molar-refractivity contribution in [2.75, 3.05) is 41.7 Å². The van der Waals surface area contributed by atoms with Gasteiger partial charge in [0.2, 0.25) is 5.95 Å². The highest BCUT2D eigenvalue weighted by atomic mass is 16.2. The van der Waals surface area contributed by atoms with Crippen LogP contribution in [-0.4, -0.2) is 42.2 Å². The second-order valence-electron chi connectivity index (χ2n) is 6.56. The van der Waals surface area contributed by atoms with Gasteiger partial charge in [-0.3, -0.25) is 0 Å². The average Bonchev–Trinajstić information content (AvgIpc) is 3.15. The Morgan fingerprint density at radius 1 is 1.08 bits per heavy atom. The number of aromatic nitrogens is 2. The molecule has 1 aliphatic heterocycles. The van der Waals surface area contributed by atoms with Crippen LogP contribution in [0.25, 0.3) is 0 Å². The van der Waals surface area contributed by atoms with Gasteiger partial charge in [-0.2, -0.15) is 4.98 Å². The first-order valence-corrected chi connectivity index (χ1v) is 9.06. The Balaban J connectivity index is 1.44. The van der Waals surface area contributed by atoms with Gasteiger partial charge < -0.3 is 20.9 Å². The molecule has 0 aliphatic carbocycles. The summed E-state index contributed by atoms with van der Waals surface area (Å²) >= 11 is 0. The van der Waals surface area contributed by atoms with E-state index < -0.39 is 0 Å². The molecule has 1 aromatic carbocycles. The van der Waals surface area contributed by atoms with Gasteiger partial charge in [0, 0.05) is 43.6 Å². The molecule has 7 nitrogen and oxygen atoms in total. The molecule has 0 spiro atoms. The summed E-state index contributed by atoms with van der Waals surface area (Å²) in [5.74, 6) is 1.58. The van der Waals surface area contributed by atoms with Crippen LogP contribution < -0.4 is 20.9 Å². The fraction of sp³-hybridized carbons (Fsp3) is 0.421. The molecule has 0 bridgehead atoms. The van der Waals surface area contributed by atoms with Crippen molar-refractivity contribution in [1.82, 2.24) is 15.3 Å². The van der Waals surface area contributed by atoms with Gasteiger partial charge in [-0.15, -0.1) is 0 Å². The predicted octanol–water partition coefficient (Wildman–Crippen LogP) is 2.93. The number of carbonyl (C=O) groups is 1. The fourth-order valence-electron chi connectivity index (χ4n) is 2.90. The lowest BCUT2D eigenvalue weighted by atomic mass is 10.2. The number of rotatable bonds is 6. The van der Waals surface area contributed by atoms with Crippen LogP contribution >= 0.6 is 0 Å².